The first-order valence-corrected chi connectivity index (χ1v) is 9.17. The number of carbonyl (C=O) groups is 1. The van der Waals surface area contributed by atoms with Crippen LogP contribution in [0.3, 0.4) is 0 Å². The lowest BCUT2D eigenvalue weighted by Crippen LogP contribution is -2.11. The summed E-state index contributed by atoms with van der Waals surface area (Å²) in [5.74, 6) is -0.652. The minimum absolute atomic E-state index is 0.160. The number of nitrogens with zero attached hydrogens (tertiary/aromatic N) is 3. The van der Waals surface area contributed by atoms with Crippen LogP contribution in [-0.4, -0.2) is 21.1 Å². The summed E-state index contributed by atoms with van der Waals surface area (Å²) in [7, 11) is 0. The van der Waals surface area contributed by atoms with Crippen LogP contribution in [0.25, 0.3) is 21.1 Å². The van der Waals surface area contributed by atoms with Crippen molar-refractivity contribution in [3.05, 3.63) is 39.7 Å². The van der Waals surface area contributed by atoms with Crippen molar-refractivity contribution in [3.63, 3.8) is 0 Å². The molecule has 0 bridgehead atoms. The van der Waals surface area contributed by atoms with E-state index in [1.807, 2.05) is 31.2 Å². The lowest BCUT2D eigenvalue weighted by molar-refractivity contribution is -0.138. The molecule has 0 fully saturated rings. The van der Waals surface area contributed by atoms with Gasteiger partial charge in [-0.2, -0.15) is 13.2 Å². The summed E-state index contributed by atoms with van der Waals surface area (Å²) in [5, 5.41) is 8.81. The molecule has 4 aromatic rings. The quantitative estimate of drug-likeness (QED) is 0.510. The van der Waals surface area contributed by atoms with Crippen molar-refractivity contribution < 1.29 is 18.0 Å². The lowest BCUT2D eigenvalue weighted by Gasteiger charge is -2.00. The van der Waals surface area contributed by atoms with Crippen LogP contribution < -0.4 is 11.1 Å². The molecule has 3 N–H and O–H groups in total. The number of aromatic nitrogens is 3. The maximum absolute atomic E-state index is 12.6. The van der Waals surface area contributed by atoms with Gasteiger partial charge in [0.25, 0.3) is 5.91 Å². The molecule has 138 valence electrons. The Bertz CT molecular complexity index is 1200. The molecule has 6 nitrogen and oxygen atoms in total. The Morgan fingerprint density at radius 3 is 2.67 bits per heavy atom. The number of nitrogens with two attached hydrogens (primary N) is 1. The number of halogens is 3. The molecule has 0 aliphatic carbocycles. The Labute approximate surface area is 157 Å². The molecule has 0 atom stereocenters. The Morgan fingerprint density at radius 1 is 1.19 bits per heavy atom. The van der Waals surface area contributed by atoms with E-state index in [1.54, 1.807) is 0 Å². The zero-order valence-electron chi connectivity index (χ0n) is 13.6. The molecule has 4 rings (SSSR count). The first kappa shape index (κ1) is 17.6. The minimum Gasteiger partial charge on any atom is -0.397 e. The highest BCUT2D eigenvalue weighted by Gasteiger charge is 2.36. The molecule has 0 aliphatic heterocycles. The zero-order valence-corrected chi connectivity index (χ0v) is 15.2. The number of alkyl halides is 3. The maximum atomic E-state index is 12.6. The molecular formula is C16H10F3N5OS2. The largest absolute Gasteiger partial charge is 0.445 e. The molecule has 0 aliphatic rings. The van der Waals surface area contributed by atoms with Crippen LogP contribution in [0.4, 0.5) is 24.0 Å². The van der Waals surface area contributed by atoms with Gasteiger partial charge in [0.2, 0.25) is 10.1 Å². The summed E-state index contributed by atoms with van der Waals surface area (Å²) in [6.45, 7) is 1.95. The van der Waals surface area contributed by atoms with Crippen LogP contribution in [0.15, 0.2) is 24.3 Å². The average molecular weight is 409 g/mol. The molecule has 0 radical (unpaired) electrons. The number of amides is 1. The van der Waals surface area contributed by atoms with Crippen LogP contribution in [-0.2, 0) is 6.18 Å². The zero-order chi connectivity index (χ0) is 19.3. The van der Waals surface area contributed by atoms with E-state index in [4.69, 9.17) is 5.73 Å². The molecule has 3 heterocycles. The highest BCUT2D eigenvalue weighted by molar-refractivity contribution is 7.21. The second-order valence-corrected chi connectivity index (χ2v) is 7.72. The number of hydrogen-bond acceptors (Lipinski definition) is 7. The van der Waals surface area contributed by atoms with Gasteiger partial charge in [0.15, 0.2) is 0 Å². The fraction of sp³-hybridized carbons (Fsp3) is 0.125. The van der Waals surface area contributed by atoms with Gasteiger partial charge >= 0.3 is 6.18 Å². The average Bonchev–Trinajstić information content (AvgIpc) is 3.18. The Kier molecular flexibility index (Phi) is 4.00. The van der Waals surface area contributed by atoms with Gasteiger partial charge in [-0.05, 0) is 24.6 Å². The van der Waals surface area contributed by atoms with Crippen LogP contribution >= 0.6 is 22.7 Å². The first-order valence-electron chi connectivity index (χ1n) is 7.54. The van der Waals surface area contributed by atoms with Crippen molar-refractivity contribution in [2.45, 2.75) is 13.1 Å². The highest BCUT2D eigenvalue weighted by Crippen LogP contribution is 2.36. The van der Waals surface area contributed by atoms with Gasteiger partial charge in [0.05, 0.1) is 11.2 Å². The molecule has 0 spiro atoms. The number of benzene rings is 1. The fourth-order valence-corrected chi connectivity index (χ4v) is 4.10. The van der Waals surface area contributed by atoms with Crippen LogP contribution in [0.5, 0.6) is 0 Å². The third-order valence-electron chi connectivity index (χ3n) is 3.77. The number of fused-ring (bicyclic) bond motifs is 2. The van der Waals surface area contributed by atoms with E-state index < -0.39 is 17.1 Å². The van der Waals surface area contributed by atoms with Crippen LogP contribution in [0.1, 0.15) is 20.2 Å². The van der Waals surface area contributed by atoms with E-state index in [0.29, 0.717) is 10.2 Å². The molecule has 27 heavy (non-hydrogen) atoms. The van der Waals surface area contributed by atoms with Crippen molar-refractivity contribution in [1.82, 2.24) is 15.2 Å². The number of anilines is 2. The summed E-state index contributed by atoms with van der Waals surface area (Å²) in [4.78, 5) is 17.7. The van der Waals surface area contributed by atoms with E-state index >= 15 is 0 Å². The number of hydrogen-bond donors (Lipinski definition) is 2. The summed E-state index contributed by atoms with van der Waals surface area (Å²) >= 11 is 1.32. The molecule has 0 unspecified atom stereocenters. The molecule has 1 aromatic carbocycles. The Morgan fingerprint density at radius 2 is 1.96 bits per heavy atom. The van der Waals surface area contributed by atoms with E-state index in [0.717, 1.165) is 27.8 Å². The van der Waals surface area contributed by atoms with E-state index in [2.05, 4.69) is 20.5 Å². The van der Waals surface area contributed by atoms with Gasteiger partial charge < -0.3 is 5.73 Å². The SMILES string of the molecule is Cc1ccc2cc3c(N)c(C(=O)Nc4nnc(C(F)(F)F)s4)sc3nc2c1. The molecule has 1 amide bonds. The molecule has 0 saturated carbocycles. The first-order chi connectivity index (χ1) is 12.7. The monoisotopic (exact) mass is 409 g/mol. The smallest absolute Gasteiger partial charge is 0.397 e. The number of thiophene rings is 1. The summed E-state index contributed by atoms with van der Waals surface area (Å²) in [5.41, 5.74) is 8.13. The summed E-state index contributed by atoms with van der Waals surface area (Å²) in [6, 6.07) is 7.62. The number of nitrogens with one attached hydrogen (secondary N) is 1. The topological polar surface area (TPSA) is 93.8 Å². The van der Waals surface area contributed by atoms with Gasteiger partial charge in [0, 0.05) is 10.8 Å². The molecule has 0 saturated heterocycles. The van der Waals surface area contributed by atoms with Crippen molar-refractivity contribution in [1.29, 1.82) is 0 Å². The van der Waals surface area contributed by atoms with Gasteiger partial charge in [-0.3, -0.25) is 10.1 Å². The van der Waals surface area contributed by atoms with Gasteiger partial charge in [-0.25, -0.2) is 4.98 Å². The van der Waals surface area contributed by atoms with E-state index in [9.17, 15) is 18.0 Å². The number of aryl methyl sites for hydroxylation is 1. The Balaban J connectivity index is 1.70. The van der Waals surface area contributed by atoms with Crippen LogP contribution in [0, 0.1) is 6.92 Å². The number of carbonyl (C=O) groups excluding carboxylic acids is 1. The fourth-order valence-electron chi connectivity index (χ4n) is 2.52. The van der Waals surface area contributed by atoms with Gasteiger partial charge in [0.1, 0.15) is 9.71 Å². The van der Waals surface area contributed by atoms with Crippen LogP contribution in [0.2, 0.25) is 0 Å². The van der Waals surface area contributed by atoms with Crippen molar-refractivity contribution >= 4 is 60.5 Å². The third kappa shape index (κ3) is 3.19. The number of nitrogen functional groups attached to an aromatic ring is 1. The maximum Gasteiger partial charge on any atom is 0.445 e. The van der Waals surface area contributed by atoms with Gasteiger partial charge in [-0.15, -0.1) is 21.5 Å². The number of pyridine rings is 1. The van der Waals surface area contributed by atoms with E-state index in [1.165, 1.54) is 0 Å². The van der Waals surface area contributed by atoms with Crippen molar-refractivity contribution in [3.8, 4) is 0 Å². The second-order valence-electron chi connectivity index (χ2n) is 5.75. The Hall–Kier alpha value is -2.79. The molecule has 11 heteroatoms. The second kappa shape index (κ2) is 6.13. The molecular weight excluding hydrogens is 399 g/mol. The van der Waals surface area contributed by atoms with Crippen molar-refractivity contribution in [2.75, 3.05) is 11.1 Å². The third-order valence-corrected chi connectivity index (χ3v) is 5.76. The standard InChI is InChI=1S/C16H10F3N5OS2/c1-6-2-3-7-5-8-10(20)11(26-13(8)21-9(7)4-6)12(25)22-15-24-23-14(27-15)16(17,18)19/h2-5H,20H2,1H3,(H,22,24,25). The van der Waals surface area contributed by atoms with Gasteiger partial charge in [-0.1, -0.05) is 23.5 Å². The minimum atomic E-state index is -4.61. The van der Waals surface area contributed by atoms with E-state index in [-0.39, 0.29) is 27.0 Å². The normalized spacial score (nSPS) is 12.0. The predicted molar refractivity (Wildman–Crippen MR) is 99.1 cm³/mol. The highest BCUT2D eigenvalue weighted by atomic mass is 32.1. The molecule has 3 aromatic heterocycles. The number of rotatable bonds is 2. The summed E-state index contributed by atoms with van der Waals surface area (Å²) in [6.07, 6.45) is -4.61. The van der Waals surface area contributed by atoms with Crippen molar-refractivity contribution in [2.24, 2.45) is 0 Å². The predicted octanol–water partition coefficient (Wildman–Crippen LogP) is 4.46. The lowest BCUT2D eigenvalue weighted by atomic mass is 10.1. The summed E-state index contributed by atoms with van der Waals surface area (Å²) < 4.78 is 37.8.